The van der Waals surface area contributed by atoms with Gasteiger partial charge in [-0.05, 0) is 70.5 Å². The molecular formula is C37H24F8O4S2. The van der Waals surface area contributed by atoms with E-state index in [9.17, 15) is 8.78 Å². The first kappa shape index (κ1) is 33.8. The molecular weight excluding hydrogens is 725 g/mol. The van der Waals surface area contributed by atoms with Crippen LogP contribution in [0.1, 0.15) is 37.8 Å². The predicted octanol–water partition coefficient (Wildman–Crippen LogP) is 9.31. The summed E-state index contributed by atoms with van der Waals surface area (Å²) in [4.78, 5) is -1.60. The Morgan fingerprint density at radius 1 is 0.490 bits per heavy atom. The smallest absolute Gasteiger partial charge is 0.223 e. The van der Waals surface area contributed by atoms with Crippen LogP contribution in [0.4, 0.5) is 35.1 Å². The van der Waals surface area contributed by atoms with E-state index in [1.165, 1.54) is 36.4 Å². The van der Waals surface area contributed by atoms with E-state index in [0.29, 0.717) is 0 Å². The van der Waals surface area contributed by atoms with Crippen molar-refractivity contribution in [3.8, 4) is 22.3 Å². The van der Waals surface area contributed by atoms with Gasteiger partial charge in [0.05, 0.1) is 9.79 Å². The van der Waals surface area contributed by atoms with Crippen molar-refractivity contribution in [2.45, 2.75) is 63.7 Å². The zero-order valence-electron chi connectivity index (χ0n) is 26.5. The Hall–Kier alpha value is -4.30. The molecule has 2 unspecified atom stereocenters. The van der Waals surface area contributed by atoms with Gasteiger partial charge in [-0.25, -0.2) is 25.6 Å². The highest BCUT2D eigenvalue weighted by Gasteiger charge is 2.88. The Morgan fingerprint density at radius 2 is 0.843 bits per heavy atom. The summed E-state index contributed by atoms with van der Waals surface area (Å²) in [6.45, 7) is 2.32. The van der Waals surface area contributed by atoms with Crippen LogP contribution in [0.25, 0.3) is 33.4 Å². The van der Waals surface area contributed by atoms with E-state index in [1.807, 2.05) is 0 Å². The molecule has 0 saturated heterocycles. The molecule has 2 aliphatic heterocycles. The van der Waals surface area contributed by atoms with Crippen molar-refractivity contribution in [3.05, 3.63) is 119 Å². The van der Waals surface area contributed by atoms with Crippen molar-refractivity contribution in [2.75, 3.05) is 0 Å². The molecule has 0 aromatic heterocycles. The summed E-state index contributed by atoms with van der Waals surface area (Å²) >= 11 is 0. The van der Waals surface area contributed by atoms with Gasteiger partial charge >= 0.3 is 17.8 Å². The van der Waals surface area contributed by atoms with Gasteiger partial charge < -0.3 is 0 Å². The largest absolute Gasteiger partial charge is 0.380 e. The number of hydrogen-bond acceptors (Lipinski definition) is 4. The highest BCUT2D eigenvalue weighted by atomic mass is 32.2. The molecule has 0 N–H and O–H groups in total. The fraction of sp³-hybridized carbons (Fsp3) is 0.243. The highest BCUT2D eigenvalue weighted by molar-refractivity contribution is 7.98. The minimum Gasteiger partial charge on any atom is -0.223 e. The van der Waals surface area contributed by atoms with E-state index in [4.69, 9.17) is 0 Å². The van der Waals surface area contributed by atoms with Crippen molar-refractivity contribution in [1.29, 1.82) is 0 Å². The first-order chi connectivity index (χ1) is 23.8. The minimum absolute atomic E-state index is 0.0779. The van der Waals surface area contributed by atoms with Crippen molar-refractivity contribution in [3.63, 3.8) is 0 Å². The molecule has 0 bridgehead atoms. The Labute approximate surface area is 287 Å². The monoisotopic (exact) mass is 748 g/mol. The number of halogens is 8. The lowest BCUT2D eigenvalue weighted by Crippen LogP contribution is -2.62. The van der Waals surface area contributed by atoms with Crippen LogP contribution >= 0.6 is 0 Å². The molecule has 14 heteroatoms. The maximum atomic E-state index is 16.3. The summed E-state index contributed by atoms with van der Waals surface area (Å²) < 4.78 is 181. The molecule has 2 heterocycles. The molecule has 4 aromatic carbocycles. The molecule has 2 aliphatic carbocycles. The summed E-state index contributed by atoms with van der Waals surface area (Å²) in [5, 5.41) is 0. The molecule has 51 heavy (non-hydrogen) atoms. The summed E-state index contributed by atoms with van der Waals surface area (Å²) in [5.74, 6) is -19.1. The number of rotatable bonds is 4. The third-order valence-electron chi connectivity index (χ3n) is 11.0. The second kappa shape index (κ2) is 9.97. The van der Waals surface area contributed by atoms with Crippen LogP contribution in [0.3, 0.4) is 0 Å². The van der Waals surface area contributed by atoms with E-state index in [1.54, 1.807) is 0 Å². The molecule has 0 radical (unpaired) electrons. The summed E-state index contributed by atoms with van der Waals surface area (Å²) in [6.07, 6.45) is -1.66. The standard InChI is InChI=1S/C37H24F8O4S2/c1-3-33-29(23-15-13-19(17-27(23)50(33,46)47)21-9-5-7-11-25(21)38)31-32(36(42,43)37(44,45)35(31,40)41)30-24-16-14-20(22-10-6-8-12-26(22)39)18-28(24)51(48,49)34(30,33)4-2/h5-18H,3-4H2,1-2H3. The van der Waals surface area contributed by atoms with Crippen molar-refractivity contribution >= 4 is 30.8 Å². The third-order valence-corrected chi connectivity index (χ3v) is 16.5. The number of fused-ring (bicyclic) bond motifs is 8. The predicted molar refractivity (Wildman–Crippen MR) is 173 cm³/mol. The molecule has 2 atom stereocenters. The van der Waals surface area contributed by atoms with Gasteiger partial charge in [0.2, 0.25) is 0 Å². The van der Waals surface area contributed by atoms with Crippen LogP contribution in [0, 0.1) is 11.6 Å². The quantitative estimate of drug-likeness (QED) is 0.195. The van der Waals surface area contributed by atoms with Crippen LogP contribution in [0.2, 0.25) is 0 Å². The van der Waals surface area contributed by atoms with E-state index < -0.39 is 115 Å². The van der Waals surface area contributed by atoms with Gasteiger partial charge in [-0.1, -0.05) is 74.5 Å². The van der Waals surface area contributed by atoms with Crippen molar-refractivity contribution in [1.82, 2.24) is 0 Å². The van der Waals surface area contributed by atoms with Gasteiger partial charge in [-0.2, -0.15) is 26.3 Å². The summed E-state index contributed by atoms with van der Waals surface area (Å²) in [7, 11) is -10.6. The van der Waals surface area contributed by atoms with Crippen molar-refractivity contribution in [2.24, 2.45) is 0 Å². The fourth-order valence-electron chi connectivity index (χ4n) is 8.91. The molecule has 4 aromatic rings. The zero-order chi connectivity index (χ0) is 36.9. The number of allylic oxidation sites excluding steroid dienone is 2. The molecule has 4 nitrogen and oxygen atoms in total. The number of hydrogen-bond donors (Lipinski definition) is 0. The number of alkyl halides is 6. The molecule has 0 amide bonds. The lowest BCUT2D eigenvalue weighted by atomic mass is 9.65. The van der Waals surface area contributed by atoms with Crippen LogP contribution in [0.15, 0.2) is 106 Å². The third kappa shape index (κ3) is 3.47. The normalized spacial score (nSPS) is 26.7. The highest BCUT2D eigenvalue weighted by Crippen LogP contribution is 2.76. The summed E-state index contributed by atoms with van der Waals surface area (Å²) in [5.41, 5.74) is -7.96. The summed E-state index contributed by atoms with van der Waals surface area (Å²) in [6, 6.07) is 16.3. The lowest BCUT2D eigenvalue weighted by Gasteiger charge is -2.49. The number of sulfone groups is 2. The maximum absolute atomic E-state index is 16.3. The van der Waals surface area contributed by atoms with Gasteiger partial charge in [-0.3, -0.25) is 0 Å². The van der Waals surface area contributed by atoms with Crippen LogP contribution in [0.5, 0.6) is 0 Å². The first-order valence-electron chi connectivity index (χ1n) is 15.7. The Kier molecular flexibility index (Phi) is 6.61. The van der Waals surface area contributed by atoms with Gasteiger partial charge in [-0.15, -0.1) is 0 Å². The second-order valence-electron chi connectivity index (χ2n) is 13.0. The molecule has 4 aliphatic rings. The molecule has 0 spiro atoms. The van der Waals surface area contributed by atoms with E-state index >= 15 is 43.2 Å². The van der Waals surface area contributed by atoms with E-state index in [2.05, 4.69) is 0 Å². The maximum Gasteiger partial charge on any atom is 0.380 e. The molecule has 8 rings (SSSR count). The average Bonchev–Trinajstić information content (AvgIpc) is 3.46. The van der Waals surface area contributed by atoms with Gasteiger partial charge in [0.1, 0.15) is 21.1 Å². The fourth-order valence-corrected chi connectivity index (χ4v) is 14.9. The second-order valence-corrected chi connectivity index (χ2v) is 17.3. The van der Waals surface area contributed by atoms with Crippen molar-refractivity contribution < 1.29 is 52.0 Å². The van der Waals surface area contributed by atoms with Crippen LogP contribution < -0.4 is 0 Å². The number of benzene rings is 4. The minimum atomic E-state index is -6.12. The SMILES string of the molecule is CCC12C(=C3C(=C4c5ccc(-c6ccccc6F)cc5S(=O)(=O)C41CC)C(F)(F)C(F)(F)C3(F)F)c1ccc(-c3ccccc3F)cc1S2(=O)=O. The van der Waals surface area contributed by atoms with E-state index in [0.717, 1.165) is 62.4 Å². The molecule has 1 fully saturated rings. The topological polar surface area (TPSA) is 68.3 Å². The zero-order valence-corrected chi connectivity index (χ0v) is 28.1. The van der Waals surface area contributed by atoms with E-state index in [-0.39, 0.29) is 22.3 Å². The lowest BCUT2D eigenvalue weighted by molar-refractivity contribution is -0.257. The Morgan fingerprint density at radius 3 is 1.18 bits per heavy atom. The van der Waals surface area contributed by atoms with Crippen LogP contribution in [-0.4, -0.2) is 44.1 Å². The average molecular weight is 749 g/mol. The van der Waals surface area contributed by atoms with Gasteiger partial charge in [0.25, 0.3) is 0 Å². The van der Waals surface area contributed by atoms with Crippen LogP contribution in [-0.2, 0) is 19.7 Å². The first-order valence-corrected chi connectivity index (χ1v) is 18.7. The molecule has 264 valence electrons. The van der Waals surface area contributed by atoms with Gasteiger partial charge in [0, 0.05) is 22.3 Å². The molecule has 1 saturated carbocycles. The Bertz CT molecular complexity index is 2380. The Balaban J connectivity index is 1.58. The van der Waals surface area contributed by atoms with Gasteiger partial charge in [0.15, 0.2) is 19.7 Å².